The summed E-state index contributed by atoms with van der Waals surface area (Å²) in [4.78, 5) is 4.33. The van der Waals surface area contributed by atoms with E-state index in [0.29, 0.717) is 5.92 Å². The molecule has 17 heavy (non-hydrogen) atoms. The molecule has 2 aromatic rings. The second-order valence-electron chi connectivity index (χ2n) is 4.70. The Morgan fingerprint density at radius 3 is 2.94 bits per heavy atom. The summed E-state index contributed by atoms with van der Waals surface area (Å²) in [6, 6.07) is 6.04. The molecule has 0 spiro atoms. The third kappa shape index (κ3) is 2.08. The summed E-state index contributed by atoms with van der Waals surface area (Å²) in [5.41, 5.74) is 8.13. The lowest BCUT2D eigenvalue weighted by molar-refractivity contribution is 0.785. The van der Waals surface area contributed by atoms with Gasteiger partial charge in [0.25, 0.3) is 0 Å². The highest BCUT2D eigenvalue weighted by Gasteiger charge is 2.25. The van der Waals surface area contributed by atoms with E-state index in [0.717, 1.165) is 11.4 Å². The smallest absolute Gasteiger partial charge is 0.153 e. The van der Waals surface area contributed by atoms with Gasteiger partial charge in [-0.2, -0.15) is 5.10 Å². The van der Waals surface area contributed by atoms with Crippen LogP contribution in [0.15, 0.2) is 30.6 Å². The van der Waals surface area contributed by atoms with Gasteiger partial charge in [0.05, 0.1) is 5.69 Å². The third-order valence-corrected chi connectivity index (χ3v) is 3.14. The van der Waals surface area contributed by atoms with Gasteiger partial charge < -0.3 is 5.73 Å². The van der Waals surface area contributed by atoms with Crippen LogP contribution in [-0.2, 0) is 0 Å². The Balaban J connectivity index is 1.93. The van der Waals surface area contributed by atoms with E-state index < -0.39 is 0 Å². The number of nitrogens with zero attached hydrogens (tertiary/aromatic N) is 3. The van der Waals surface area contributed by atoms with Crippen molar-refractivity contribution in [3.05, 3.63) is 41.9 Å². The number of nitrogens with two attached hydrogens (primary N) is 1. The molecule has 0 amide bonds. The number of pyridine rings is 1. The van der Waals surface area contributed by atoms with Crippen LogP contribution in [0.5, 0.6) is 0 Å². The summed E-state index contributed by atoms with van der Waals surface area (Å²) in [6.45, 7) is 1.97. The summed E-state index contributed by atoms with van der Waals surface area (Å²) in [5, 5.41) is 4.56. The standard InChI is InChI=1S/C13H16N4/c1-9(14)11-4-6-15-13(8-11)17-7-5-12(16-17)10-2-3-10/h4-10H,2-3,14H2,1H3/t9-/m0/s1. The van der Waals surface area contributed by atoms with Gasteiger partial charge in [0.2, 0.25) is 0 Å². The highest BCUT2D eigenvalue weighted by Crippen LogP contribution is 2.38. The third-order valence-electron chi connectivity index (χ3n) is 3.14. The zero-order chi connectivity index (χ0) is 11.8. The molecule has 0 radical (unpaired) electrons. The molecule has 2 aromatic heterocycles. The minimum Gasteiger partial charge on any atom is -0.324 e. The molecule has 0 aliphatic heterocycles. The lowest BCUT2D eigenvalue weighted by Crippen LogP contribution is -2.07. The van der Waals surface area contributed by atoms with Gasteiger partial charge in [-0.25, -0.2) is 9.67 Å². The molecule has 0 aromatic carbocycles. The summed E-state index contributed by atoms with van der Waals surface area (Å²) in [6.07, 6.45) is 6.29. The van der Waals surface area contributed by atoms with E-state index in [-0.39, 0.29) is 6.04 Å². The second-order valence-corrected chi connectivity index (χ2v) is 4.70. The Morgan fingerprint density at radius 2 is 2.24 bits per heavy atom. The molecule has 1 aliphatic rings. The van der Waals surface area contributed by atoms with Crippen LogP contribution in [0.25, 0.3) is 5.82 Å². The van der Waals surface area contributed by atoms with Crippen molar-refractivity contribution in [2.75, 3.05) is 0 Å². The molecule has 2 heterocycles. The van der Waals surface area contributed by atoms with E-state index in [2.05, 4.69) is 16.1 Å². The molecular weight excluding hydrogens is 212 g/mol. The predicted octanol–water partition coefficient (Wildman–Crippen LogP) is 2.16. The van der Waals surface area contributed by atoms with Gasteiger partial charge in [0, 0.05) is 24.4 Å². The maximum Gasteiger partial charge on any atom is 0.153 e. The molecule has 0 bridgehead atoms. The molecule has 1 saturated carbocycles. The fourth-order valence-electron chi connectivity index (χ4n) is 1.91. The fourth-order valence-corrected chi connectivity index (χ4v) is 1.91. The van der Waals surface area contributed by atoms with Crippen LogP contribution >= 0.6 is 0 Å². The van der Waals surface area contributed by atoms with Crippen LogP contribution in [0.1, 0.15) is 43.0 Å². The van der Waals surface area contributed by atoms with E-state index in [1.165, 1.54) is 18.5 Å². The molecular formula is C13H16N4. The van der Waals surface area contributed by atoms with Gasteiger partial charge >= 0.3 is 0 Å². The zero-order valence-electron chi connectivity index (χ0n) is 9.87. The first-order chi connectivity index (χ1) is 8.24. The Bertz CT molecular complexity index is 526. The fraction of sp³-hybridized carbons (Fsp3) is 0.385. The molecule has 0 unspecified atom stereocenters. The van der Waals surface area contributed by atoms with Crippen molar-refractivity contribution >= 4 is 0 Å². The lowest BCUT2D eigenvalue weighted by atomic mass is 10.1. The van der Waals surface area contributed by atoms with E-state index in [4.69, 9.17) is 5.73 Å². The number of rotatable bonds is 3. The molecule has 88 valence electrons. The maximum absolute atomic E-state index is 5.87. The minimum atomic E-state index is 0.0233. The van der Waals surface area contributed by atoms with Crippen LogP contribution < -0.4 is 5.73 Å². The van der Waals surface area contributed by atoms with E-state index in [1.807, 2.05) is 29.9 Å². The largest absolute Gasteiger partial charge is 0.324 e. The van der Waals surface area contributed by atoms with Crippen LogP contribution in [0, 0.1) is 0 Å². The van der Waals surface area contributed by atoms with Gasteiger partial charge in [-0.1, -0.05) is 0 Å². The highest BCUT2D eigenvalue weighted by atomic mass is 15.3. The minimum absolute atomic E-state index is 0.0233. The van der Waals surface area contributed by atoms with Gasteiger partial charge in [0.15, 0.2) is 5.82 Å². The molecule has 0 saturated heterocycles. The van der Waals surface area contributed by atoms with Gasteiger partial charge in [-0.3, -0.25) is 0 Å². The lowest BCUT2D eigenvalue weighted by Gasteiger charge is -2.07. The average molecular weight is 228 g/mol. The van der Waals surface area contributed by atoms with E-state index >= 15 is 0 Å². The summed E-state index contributed by atoms with van der Waals surface area (Å²) in [7, 11) is 0. The van der Waals surface area contributed by atoms with E-state index in [9.17, 15) is 0 Å². The van der Waals surface area contributed by atoms with Crippen LogP contribution in [0.3, 0.4) is 0 Å². The normalized spacial score (nSPS) is 17.1. The van der Waals surface area contributed by atoms with Gasteiger partial charge in [-0.15, -0.1) is 0 Å². The Labute approximate surface area is 100 Å². The summed E-state index contributed by atoms with van der Waals surface area (Å²) in [5.74, 6) is 1.51. The Kier molecular flexibility index (Phi) is 2.44. The van der Waals surface area contributed by atoms with Gasteiger partial charge in [-0.05, 0) is 43.5 Å². The molecule has 1 fully saturated rings. The average Bonchev–Trinajstić information content (AvgIpc) is 3.07. The highest BCUT2D eigenvalue weighted by molar-refractivity contribution is 5.29. The molecule has 4 heteroatoms. The van der Waals surface area contributed by atoms with Gasteiger partial charge in [0.1, 0.15) is 0 Å². The SMILES string of the molecule is C[C@H](N)c1ccnc(-n2ccc(C3CC3)n2)c1. The Morgan fingerprint density at radius 1 is 1.41 bits per heavy atom. The van der Waals surface area contributed by atoms with Crippen LogP contribution in [-0.4, -0.2) is 14.8 Å². The van der Waals surface area contributed by atoms with Crippen molar-refractivity contribution in [3.8, 4) is 5.82 Å². The number of hydrogen-bond donors (Lipinski definition) is 1. The van der Waals surface area contributed by atoms with Crippen molar-refractivity contribution in [2.45, 2.75) is 31.7 Å². The van der Waals surface area contributed by atoms with Crippen LogP contribution in [0.2, 0.25) is 0 Å². The van der Waals surface area contributed by atoms with Crippen molar-refractivity contribution in [2.24, 2.45) is 5.73 Å². The molecule has 4 nitrogen and oxygen atoms in total. The van der Waals surface area contributed by atoms with Crippen molar-refractivity contribution < 1.29 is 0 Å². The number of hydrogen-bond acceptors (Lipinski definition) is 3. The summed E-state index contributed by atoms with van der Waals surface area (Å²) < 4.78 is 1.83. The number of aromatic nitrogens is 3. The zero-order valence-corrected chi connectivity index (χ0v) is 9.87. The molecule has 3 rings (SSSR count). The first-order valence-electron chi connectivity index (χ1n) is 6.01. The molecule has 1 aliphatic carbocycles. The second kappa shape index (κ2) is 3.96. The van der Waals surface area contributed by atoms with Crippen molar-refractivity contribution in [1.29, 1.82) is 0 Å². The monoisotopic (exact) mass is 228 g/mol. The quantitative estimate of drug-likeness (QED) is 0.875. The topological polar surface area (TPSA) is 56.7 Å². The molecule has 2 N–H and O–H groups in total. The van der Waals surface area contributed by atoms with Crippen molar-refractivity contribution in [3.63, 3.8) is 0 Å². The predicted molar refractivity (Wildman–Crippen MR) is 65.9 cm³/mol. The first kappa shape index (κ1) is 10.5. The van der Waals surface area contributed by atoms with Crippen LogP contribution in [0.4, 0.5) is 0 Å². The van der Waals surface area contributed by atoms with E-state index in [1.54, 1.807) is 6.20 Å². The molecule has 1 atom stereocenters. The first-order valence-corrected chi connectivity index (χ1v) is 6.01. The van der Waals surface area contributed by atoms with Crippen molar-refractivity contribution in [1.82, 2.24) is 14.8 Å². The summed E-state index contributed by atoms with van der Waals surface area (Å²) >= 11 is 0. The maximum atomic E-state index is 5.87. The Hall–Kier alpha value is -1.68.